The van der Waals surface area contributed by atoms with Gasteiger partial charge in [0.15, 0.2) is 0 Å². The maximum atomic E-state index is 12.6. The van der Waals surface area contributed by atoms with Gasteiger partial charge in [-0.15, -0.1) is 0 Å². The number of hydrogen-bond acceptors (Lipinski definition) is 4. The summed E-state index contributed by atoms with van der Waals surface area (Å²) < 4.78 is 31.1. The number of benzene rings is 3. The molecule has 0 fully saturated rings. The molecular formula is C21H22N2O4S. The van der Waals surface area contributed by atoms with Gasteiger partial charge in [-0.1, -0.05) is 48.5 Å². The lowest BCUT2D eigenvalue weighted by molar-refractivity contribution is -0.114. The highest BCUT2D eigenvalue weighted by atomic mass is 32.2. The van der Waals surface area contributed by atoms with Crippen LogP contribution in [0.2, 0.25) is 0 Å². The Kier molecular flexibility index (Phi) is 5.96. The number of fused-ring (bicyclic) bond motifs is 1. The molecule has 7 heteroatoms. The SMILES string of the molecule is COCc1cccc(NC(=O)CN(c2cccc3ccccc23)S(C)(=O)=O)c1. The van der Waals surface area contributed by atoms with Gasteiger partial charge < -0.3 is 10.1 Å². The standard InChI is InChI=1S/C21H22N2O4S/c1-27-15-16-7-5-10-18(13-16)22-21(24)14-23(28(2,25)26)20-12-6-9-17-8-3-4-11-19(17)20/h3-13H,14-15H2,1-2H3,(H,22,24). The number of carbonyl (C=O) groups excluding carboxylic acids is 1. The molecular weight excluding hydrogens is 376 g/mol. The molecule has 6 nitrogen and oxygen atoms in total. The Morgan fingerprint density at radius 2 is 1.75 bits per heavy atom. The highest BCUT2D eigenvalue weighted by Gasteiger charge is 2.22. The fourth-order valence-corrected chi connectivity index (χ4v) is 3.91. The maximum absolute atomic E-state index is 12.6. The Hall–Kier alpha value is -2.90. The van der Waals surface area contributed by atoms with E-state index in [1.807, 2.05) is 42.5 Å². The third kappa shape index (κ3) is 4.68. The number of amides is 1. The molecule has 0 saturated heterocycles. The number of rotatable bonds is 7. The second kappa shape index (κ2) is 8.41. The topological polar surface area (TPSA) is 75.7 Å². The number of ether oxygens (including phenoxy) is 1. The second-order valence-electron chi connectivity index (χ2n) is 6.45. The van der Waals surface area contributed by atoms with Crippen LogP contribution in [0.1, 0.15) is 5.56 Å². The van der Waals surface area contributed by atoms with Crippen molar-refractivity contribution in [1.29, 1.82) is 0 Å². The maximum Gasteiger partial charge on any atom is 0.245 e. The van der Waals surface area contributed by atoms with Crippen molar-refractivity contribution >= 4 is 38.1 Å². The minimum atomic E-state index is -3.66. The predicted molar refractivity (Wildman–Crippen MR) is 112 cm³/mol. The first-order valence-electron chi connectivity index (χ1n) is 8.71. The number of sulfonamides is 1. The molecule has 3 rings (SSSR count). The molecule has 3 aromatic carbocycles. The fourth-order valence-electron chi connectivity index (χ4n) is 3.04. The van der Waals surface area contributed by atoms with E-state index in [-0.39, 0.29) is 6.54 Å². The Morgan fingerprint density at radius 1 is 1.04 bits per heavy atom. The van der Waals surface area contributed by atoms with Gasteiger partial charge in [-0.05, 0) is 29.1 Å². The minimum Gasteiger partial charge on any atom is -0.380 e. The van der Waals surface area contributed by atoms with E-state index < -0.39 is 15.9 Å². The number of nitrogens with zero attached hydrogens (tertiary/aromatic N) is 1. The van der Waals surface area contributed by atoms with Crippen LogP contribution in [-0.4, -0.2) is 34.2 Å². The number of nitrogens with one attached hydrogen (secondary N) is 1. The van der Waals surface area contributed by atoms with Gasteiger partial charge in [-0.3, -0.25) is 9.10 Å². The molecule has 146 valence electrons. The Bertz CT molecular complexity index is 1090. The molecule has 28 heavy (non-hydrogen) atoms. The summed E-state index contributed by atoms with van der Waals surface area (Å²) >= 11 is 0. The van der Waals surface area contributed by atoms with Crippen molar-refractivity contribution in [3.05, 3.63) is 72.3 Å². The zero-order valence-corrected chi connectivity index (χ0v) is 16.6. The first-order valence-corrected chi connectivity index (χ1v) is 10.6. The summed E-state index contributed by atoms with van der Waals surface area (Å²) in [5.74, 6) is -0.423. The summed E-state index contributed by atoms with van der Waals surface area (Å²) in [5, 5.41) is 4.43. The lowest BCUT2D eigenvalue weighted by atomic mass is 10.1. The summed E-state index contributed by atoms with van der Waals surface area (Å²) in [7, 11) is -2.06. The van der Waals surface area contributed by atoms with Crippen LogP contribution in [0, 0.1) is 0 Å². The van der Waals surface area contributed by atoms with E-state index in [0.717, 1.165) is 26.9 Å². The van der Waals surface area contributed by atoms with Crippen LogP contribution in [0.25, 0.3) is 10.8 Å². The lowest BCUT2D eigenvalue weighted by Gasteiger charge is -2.23. The Balaban J connectivity index is 1.87. The molecule has 1 N–H and O–H groups in total. The van der Waals surface area contributed by atoms with Crippen LogP contribution < -0.4 is 9.62 Å². The van der Waals surface area contributed by atoms with Crippen LogP contribution in [0.5, 0.6) is 0 Å². The average Bonchev–Trinajstić information content (AvgIpc) is 2.65. The summed E-state index contributed by atoms with van der Waals surface area (Å²) in [6.45, 7) is 0.108. The monoisotopic (exact) mass is 398 g/mol. The molecule has 1 amide bonds. The number of methoxy groups -OCH3 is 1. The summed E-state index contributed by atoms with van der Waals surface area (Å²) in [4.78, 5) is 12.6. The van der Waals surface area contributed by atoms with Crippen molar-refractivity contribution in [3.63, 3.8) is 0 Å². The zero-order valence-electron chi connectivity index (χ0n) is 15.8. The first kappa shape index (κ1) is 19.9. The van der Waals surface area contributed by atoms with Crippen molar-refractivity contribution in [2.75, 3.05) is 29.5 Å². The molecule has 0 aliphatic carbocycles. The minimum absolute atomic E-state index is 0.318. The van der Waals surface area contributed by atoms with Crippen LogP contribution in [0.15, 0.2) is 66.7 Å². The average molecular weight is 398 g/mol. The van der Waals surface area contributed by atoms with E-state index >= 15 is 0 Å². The highest BCUT2D eigenvalue weighted by Crippen LogP contribution is 2.28. The van der Waals surface area contributed by atoms with Crippen molar-refractivity contribution in [2.24, 2.45) is 0 Å². The molecule has 0 saturated carbocycles. The first-order chi connectivity index (χ1) is 13.4. The molecule has 0 aliphatic heterocycles. The molecule has 0 aliphatic rings. The van der Waals surface area contributed by atoms with Gasteiger partial charge in [0.2, 0.25) is 15.9 Å². The van der Waals surface area contributed by atoms with E-state index in [2.05, 4.69) is 5.32 Å². The highest BCUT2D eigenvalue weighted by molar-refractivity contribution is 7.92. The fraction of sp³-hybridized carbons (Fsp3) is 0.190. The predicted octanol–water partition coefficient (Wildman–Crippen LogP) is 3.39. The third-order valence-corrected chi connectivity index (χ3v) is 5.37. The Labute approximate surface area is 164 Å². The van der Waals surface area contributed by atoms with Gasteiger partial charge >= 0.3 is 0 Å². The van der Waals surface area contributed by atoms with E-state index in [1.165, 1.54) is 0 Å². The largest absolute Gasteiger partial charge is 0.380 e. The second-order valence-corrected chi connectivity index (χ2v) is 8.36. The molecule has 0 unspecified atom stereocenters. The van der Waals surface area contributed by atoms with E-state index in [4.69, 9.17) is 4.74 Å². The van der Waals surface area contributed by atoms with Gasteiger partial charge in [0.1, 0.15) is 6.54 Å². The molecule has 0 heterocycles. The van der Waals surface area contributed by atoms with Crippen molar-refractivity contribution in [2.45, 2.75) is 6.61 Å². The lowest BCUT2D eigenvalue weighted by Crippen LogP contribution is -2.37. The molecule has 0 spiro atoms. The van der Waals surface area contributed by atoms with Gasteiger partial charge in [-0.2, -0.15) is 0 Å². The summed E-state index contributed by atoms with van der Waals surface area (Å²) in [5.41, 5.74) is 1.98. The number of carbonyl (C=O) groups is 1. The van der Waals surface area contributed by atoms with Gasteiger partial charge in [-0.25, -0.2) is 8.42 Å². The van der Waals surface area contributed by atoms with Gasteiger partial charge in [0.05, 0.1) is 18.6 Å². The quantitative estimate of drug-likeness (QED) is 0.662. The zero-order chi connectivity index (χ0) is 20.1. The van der Waals surface area contributed by atoms with Gasteiger partial charge in [0, 0.05) is 18.2 Å². The summed E-state index contributed by atoms with van der Waals surface area (Å²) in [6.07, 6.45) is 1.10. The van der Waals surface area contributed by atoms with E-state index in [9.17, 15) is 13.2 Å². The molecule has 3 aromatic rings. The number of anilines is 2. The number of hydrogen-bond donors (Lipinski definition) is 1. The van der Waals surface area contributed by atoms with Crippen LogP contribution in [-0.2, 0) is 26.2 Å². The van der Waals surface area contributed by atoms with E-state index in [1.54, 1.807) is 31.4 Å². The summed E-state index contributed by atoms with van der Waals surface area (Å²) in [6, 6.07) is 20.1. The van der Waals surface area contributed by atoms with Crippen molar-refractivity contribution in [3.8, 4) is 0 Å². The Morgan fingerprint density at radius 3 is 2.50 bits per heavy atom. The van der Waals surface area contributed by atoms with Crippen LogP contribution >= 0.6 is 0 Å². The smallest absolute Gasteiger partial charge is 0.245 e. The van der Waals surface area contributed by atoms with Crippen LogP contribution in [0.4, 0.5) is 11.4 Å². The molecule has 0 atom stereocenters. The molecule has 0 radical (unpaired) electrons. The molecule has 0 bridgehead atoms. The van der Waals surface area contributed by atoms with Crippen LogP contribution in [0.3, 0.4) is 0 Å². The van der Waals surface area contributed by atoms with Gasteiger partial charge in [0.25, 0.3) is 0 Å². The molecule has 0 aromatic heterocycles. The van der Waals surface area contributed by atoms with E-state index in [0.29, 0.717) is 18.0 Å². The normalized spacial score (nSPS) is 11.4. The van der Waals surface area contributed by atoms with Crippen molar-refractivity contribution in [1.82, 2.24) is 0 Å². The third-order valence-electron chi connectivity index (χ3n) is 4.24. The van der Waals surface area contributed by atoms with Crippen molar-refractivity contribution < 1.29 is 17.9 Å².